The van der Waals surface area contributed by atoms with E-state index in [4.69, 9.17) is 4.42 Å². The molecule has 0 radical (unpaired) electrons. The van der Waals surface area contributed by atoms with Crippen LogP contribution in [-0.2, 0) is 11.3 Å². The Balaban J connectivity index is 2.39. The zero-order valence-corrected chi connectivity index (χ0v) is 10.2. The number of rotatable bonds is 6. The first-order valence-electron chi connectivity index (χ1n) is 5.65. The van der Waals surface area contributed by atoms with E-state index >= 15 is 0 Å². The first kappa shape index (κ1) is 12.8. The quantitative estimate of drug-likeness (QED) is 0.769. The lowest BCUT2D eigenvalue weighted by Gasteiger charge is -2.13. The molecule has 0 saturated carbocycles. The van der Waals surface area contributed by atoms with Crippen LogP contribution in [0.4, 0.5) is 0 Å². The first-order chi connectivity index (χ1) is 7.67. The smallest absolute Gasteiger partial charge is 0.224 e. The number of aryl methyl sites for hydroxylation is 1. The van der Waals surface area contributed by atoms with Crippen molar-refractivity contribution in [3.63, 3.8) is 0 Å². The minimum atomic E-state index is 0.0288. The average molecular weight is 224 g/mol. The van der Waals surface area contributed by atoms with Gasteiger partial charge in [-0.15, -0.1) is 0 Å². The Kier molecular flexibility index (Phi) is 5.05. The Morgan fingerprint density at radius 3 is 2.75 bits per heavy atom. The molecule has 0 aliphatic carbocycles. The maximum absolute atomic E-state index is 11.8. The van der Waals surface area contributed by atoms with E-state index in [1.54, 1.807) is 0 Å². The summed E-state index contributed by atoms with van der Waals surface area (Å²) < 4.78 is 5.38. The van der Waals surface area contributed by atoms with Gasteiger partial charge in [0.15, 0.2) is 0 Å². The van der Waals surface area contributed by atoms with Gasteiger partial charge < -0.3 is 15.1 Å². The van der Waals surface area contributed by atoms with Gasteiger partial charge in [-0.1, -0.05) is 6.92 Å². The van der Waals surface area contributed by atoms with Crippen LogP contribution < -0.4 is 10.6 Å². The fourth-order valence-electron chi connectivity index (χ4n) is 1.57. The summed E-state index contributed by atoms with van der Waals surface area (Å²) in [5.41, 5.74) is 0. The molecule has 4 nitrogen and oxygen atoms in total. The number of carbonyl (C=O) groups is 1. The number of furan rings is 1. The SMILES string of the molecule is CCC(CNC)C(=O)NCc1ccc(C)o1. The van der Waals surface area contributed by atoms with Gasteiger partial charge in [0.2, 0.25) is 5.91 Å². The monoisotopic (exact) mass is 224 g/mol. The molecule has 0 aliphatic heterocycles. The predicted octanol–water partition coefficient (Wildman–Crippen LogP) is 1.45. The number of amides is 1. The van der Waals surface area contributed by atoms with Gasteiger partial charge in [-0.2, -0.15) is 0 Å². The minimum Gasteiger partial charge on any atom is -0.465 e. The van der Waals surface area contributed by atoms with E-state index in [1.165, 1.54) is 0 Å². The number of carbonyl (C=O) groups excluding carboxylic acids is 1. The zero-order chi connectivity index (χ0) is 12.0. The lowest BCUT2D eigenvalue weighted by molar-refractivity contribution is -0.125. The van der Waals surface area contributed by atoms with Crippen molar-refractivity contribution in [3.05, 3.63) is 23.7 Å². The second-order valence-electron chi connectivity index (χ2n) is 3.89. The normalized spacial score (nSPS) is 12.4. The van der Waals surface area contributed by atoms with E-state index in [-0.39, 0.29) is 11.8 Å². The van der Waals surface area contributed by atoms with E-state index in [0.717, 1.165) is 17.9 Å². The Bertz CT molecular complexity index is 334. The van der Waals surface area contributed by atoms with Crippen molar-refractivity contribution in [2.24, 2.45) is 5.92 Å². The van der Waals surface area contributed by atoms with Crippen LogP contribution in [0.5, 0.6) is 0 Å². The van der Waals surface area contributed by atoms with Gasteiger partial charge in [0.05, 0.1) is 12.5 Å². The highest BCUT2D eigenvalue weighted by atomic mass is 16.3. The third-order valence-corrected chi connectivity index (χ3v) is 2.55. The predicted molar refractivity (Wildman–Crippen MR) is 63.0 cm³/mol. The van der Waals surface area contributed by atoms with Gasteiger partial charge in [-0.25, -0.2) is 0 Å². The van der Waals surface area contributed by atoms with Crippen LogP contribution in [0.2, 0.25) is 0 Å². The summed E-state index contributed by atoms with van der Waals surface area (Å²) in [6, 6.07) is 3.78. The molecule has 0 aromatic carbocycles. The average Bonchev–Trinajstić information content (AvgIpc) is 2.68. The summed E-state index contributed by atoms with van der Waals surface area (Å²) in [5.74, 6) is 1.77. The lowest BCUT2D eigenvalue weighted by Crippen LogP contribution is -2.35. The van der Waals surface area contributed by atoms with Crippen molar-refractivity contribution in [2.75, 3.05) is 13.6 Å². The standard InChI is InChI=1S/C12H20N2O2/c1-4-10(7-13-3)12(15)14-8-11-6-5-9(2)16-11/h5-6,10,13H,4,7-8H2,1-3H3,(H,14,15). The van der Waals surface area contributed by atoms with E-state index in [2.05, 4.69) is 10.6 Å². The molecule has 90 valence electrons. The third-order valence-electron chi connectivity index (χ3n) is 2.55. The summed E-state index contributed by atoms with van der Waals surface area (Å²) in [7, 11) is 1.85. The van der Waals surface area contributed by atoms with Crippen molar-refractivity contribution < 1.29 is 9.21 Å². The molecule has 0 spiro atoms. The zero-order valence-electron chi connectivity index (χ0n) is 10.2. The fourth-order valence-corrected chi connectivity index (χ4v) is 1.57. The minimum absolute atomic E-state index is 0.0288. The number of nitrogens with one attached hydrogen (secondary N) is 2. The molecule has 0 aliphatic rings. The van der Waals surface area contributed by atoms with Gasteiger partial charge >= 0.3 is 0 Å². The molecule has 16 heavy (non-hydrogen) atoms. The molecule has 1 heterocycles. The van der Waals surface area contributed by atoms with Gasteiger partial charge in [0, 0.05) is 6.54 Å². The molecule has 2 N–H and O–H groups in total. The highest BCUT2D eigenvalue weighted by Gasteiger charge is 2.15. The van der Waals surface area contributed by atoms with E-state index < -0.39 is 0 Å². The Morgan fingerprint density at radius 1 is 1.50 bits per heavy atom. The molecule has 1 unspecified atom stereocenters. The topological polar surface area (TPSA) is 54.3 Å². The van der Waals surface area contributed by atoms with Crippen molar-refractivity contribution in [1.82, 2.24) is 10.6 Å². The van der Waals surface area contributed by atoms with Crippen molar-refractivity contribution in [2.45, 2.75) is 26.8 Å². The first-order valence-corrected chi connectivity index (χ1v) is 5.65. The molecular formula is C12H20N2O2. The second kappa shape index (κ2) is 6.33. The largest absolute Gasteiger partial charge is 0.465 e. The maximum atomic E-state index is 11.8. The van der Waals surface area contributed by atoms with E-state index in [1.807, 2.05) is 33.0 Å². The van der Waals surface area contributed by atoms with Crippen LogP contribution in [-0.4, -0.2) is 19.5 Å². The van der Waals surface area contributed by atoms with Crippen LogP contribution in [0.1, 0.15) is 24.9 Å². The molecule has 0 bridgehead atoms. The van der Waals surface area contributed by atoms with E-state index in [9.17, 15) is 4.79 Å². The van der Waals surface area contributed by atoms with E-state index in [0.29, 0.717) is 13.1 Å². The van der Waals surface area contributed by atoms with Gasteiger partial charge in [0.25, 0.3) is 0 Å². The molecule has 1 aromatic rings. The van der Waals surface area contributed by atoms with Gasteiger partial charge in [-0.3, -0.25) is 4.79 Å². The Morgan fingerprint density at radius 2 is 2.25 bits per heavy atom. The summed E-state index contributed by atoms with van der Waals surface area (Å²) >= 11 is 0. The summed E-state index contributed by atoms with van der Waals surface area (Å²) in [5, 5.41) is 5.89. The number of hydrogen-bond donors (Lipinski definition) is 2. The van der Waals surface area contributed by atoms with Crippen LogP contribution >= 0.6 is 0 Å². The fraction of sp³-hybridized carbons (Fsp3) is 0.583. The molecular weight excluding hydrogens is 204 g/mol. The van der Waals surface area contributed by atoms with Crippen molar-refractivity contribution in [3.8, 4) is 0 Å². The van der Waals surface area contributed by atoms with Crippen LogP contribution in [0.25, 0.3) is 0 Å². The molecule has 1 atom stereocenters. The Hall–Kier alpha value is -1.29. The number of hydrogen-bond acceptors (Lipinski definition) is 3. The highest BCUT2D eigenvalue weighted by molar-refractivity contribution is 5.78. The highest BCUT2D eigenvalue weighted by Crippen LogP contribution is 2.06. The van der Waals surface area contributed by atoms with Crippen molar-refractivity contribution in [1.29, 1.82) is 0 Å². The summed E-state index contributed by atoms with van der Waals surface area (Å²) in [6.45, 7) is 5.08. The third kappa shape index (κ3) is 3.70. The molecule has 0 saturated heterocycles. The molecule has 1 amide bonds. The van der Waals surface area contributed by atoms with Crippen LogP contribution in [0.3, 0.4) is 0 Å². The summed E-state index contributed by atoms with van der Waals surface area (Å²) in [6.07, 6.45) is 0.837. The van der Waals surface area contributed by atoms with Crippen molar-refractivity contribution >= 4 is 5.91 Å². The second-order valence-corrected chi connectivity index (χ2v) is 3.89. The Labute approximate surface area is 96.4 Å². The lowest BCUT2D eigenvalue weighted by atomic mass is 10.1. The van der Waals surface area contributed by atoms with Crippen LogP contribution in [0, 0.1) is 12.8 Å². The maximum Gasteiger partial charge on any atom is 0.224 e. The van der Waals surface area contributed by atoms with Crippen LogP contribution in [0.15, 0.2) is 16.5 Å². The molecule has 0 fully saturated rings. The molecule has 1 rings (SSSR count). The molecule has 4 heteroatoms. The molecule has 1 aromatic heterocycles. The van der Waals surface area contributed by atoms with Gasteiger partial charge in [0.1, 0.15) is 11.5 Å². The van der Waals surface area contributed by atoms with Gasteiger partial charge in [-0.05, 0) is 32.5 Å². The summed E-state index contributed by atoms with van der Waals surface area (Å²) in [4.78, 5) is 11.8.